The Balaban J connectivity index is 2.06. The lowest BCUT2D eigenvalue weighted by Gasteiger charge is -2.19. The van der Waals surface area contributed by atoms with Gasteiger partial charge in [-0.05, 0) is 25.0 Å². The number of anilines is 1. The van der Waals surface area contributed by atoms with Crippen LogP contribution in [0.15, 0.2) is 24.3 Å². The monoisotopic (exact) mass is 308 g/mol. The molecule has 0 radical (unpaired) electrons. The molecule has 21 heavy (non-hydrogen) atoms. The number of benzene rings is 1. The van der Waals surface area contributed by atoms with Gasteiger partial charge in [0, 0.05) is 19.0 Å². The second kappa shape index (κ2) is 6.94. The van der Waals surface area contributed by atoms with Crippen LogP contribution in [0.25, 0.3) is 0 Å². The third kappa shape index (κ3) is 3.56. The zero-order valence-electron chi connectivity index (χ0n) is 12.4. The topological polar surface area (TPSA) is 49.4 Å². The van der Waals surface area contributed by atoms with Crippen LogP contribution < -0.4 is 10.2 Å². The van der Waals surface area contributed by atoms with Crippen molar-refractivity contribution in [2.75, 3.05) is 11.4 Å². The molecule has 0 bridgehead atoms. The van der Waals surface area contributed by atoms with E-state index in [2.05, 4.69) is 5.32 Å². The summed E-state index contributed by atoms with van der Waals surface area (Å²) in [6, 6.07) is 7.40. The predicted molar refractivity (Wildman–Crippen MR) is 84.4 cm³/mol. The number of nitrogens with zero attached hydrogens (tertiary/aromatic N) is 1. The van der Waals surface area contributed by atoms with Gasteiger partial charge in [0.1, 0.15) is 0 Å². The lowest BCUT2D eigenvalue weighted by Crippen LogP contribution is -2.39. The number of hydrogen-bond acceptors (Lipinski definition) is 2. The largest absolute Gasteiger partial charge is 0.353 e. The molecular formula is C16H21ClN2O2. The van der Waals surface area contributed by atoms with E-state index < -0.39 is 0 Å². The minimum Gasteiger partial charge on any atom is -0.353 e. The predicted octanol–water partition coefficient (Wildman–Crippen LogP) is 3.00. The quantitative estimate of drug-likeness (QED) is 0.909. The van der Waals surface area contributed by atoms with Crippen LogP contribution in [0.3, 0.4) is 0 Å². The van der Waals surface area contributed by atoms with Crippen LogP contribution in [0.2, 0.25) is 5.02 Å². The number of hydrogen-bond donors (Lipinski definition) is 1. The summed E-state index contributed by atoms with van der Waals surface area (Å²) in [6.07, 6.45) is 2.05. The van der Waals surface area contributed by atoms with E-state index in [9.17, 15) is 9.59 Å². The first kappa shape index (κ1) is 15.8. The van der Waals surface area contributed by atoms with E-state index in [0.29, 0.717) is 17.3 Å². The van der Waals surface area contributed by atoms with Crippen LogP contribution in [0.1, 0.15) is 33.1 Å². The molecule has 0 spiro atoms. The van der Waals surface area contributed by atoms with Crippen molar-refractivity contribution in [1.82, 2.24) is 5.32 Å². The Morgan fingerprint density at radius 2 is 2.05 bits per heavy atom. The molecule has 4 nitrogen and oxygen atoms in total. The smallest absolute Gasteiger partial charge is 0.227 e. The first-order valence-corrected chi connectivity index (χ1v) is 7.79. The molecule has 1 aliphatic heterocycles. The molecule has 0 saturated carbocycles. The van der Waals surface area contributed by atoms with Crippen molar-refractivity contribution in [2.24, 2.45) is 5.92 Å². The molecule has 0 aromatic heterocycles. The molecule has 114 valence electrons. The van der Waals surface area contributed by atoms with Crippen LogP contribution >= 0.6 is 11.6 Å². The van der Waals surface area contributed by atoms with Crippen molar-refractivity contribution in [3.63, 3.8) is 0 Å². The van der Waals surface area contributed by atoms with Crippen LogP contribution in [0.5, 0.6) is 0 Å². The van der Waals surface area contributed by atoms with Gasteiger partial charge in [0.2, 0.25) is 11.8 Å². The standard InChI is InChI=1S/C16H21ClN2O2/c1-3-12(4-2)18-16(21)11-9-15(20)19(10-11)14-8-6-5-7-13(14)17/h5-8,11-12H,3-4,9-10H2,1-2H3,(H,18,21). The zero-order chi connectivity index (χ0) is 15.4. The van der Waals surface area contributed by atoms with Gasteiger partial charge in [-0.3, -0.25) is 9.59 Å². The summed E-state index contributed by atoms with van der Waals surface area (Å²) in [5.41, 5.74) is 0.682. The highest BCUT2D eigenvalue weighted by Crippen LogP contribution is 2.31. The zero-order valence-corrected chi connectivity index (χ0v) is 13.2. The normalized spacial score (nSPS) is 18.4. The van der Waals surface area contributed by atoms with E-state index in [1.807, 2.05) is 26.0 Å². The minimum absolute atomic E-state index is 0.0356. The molecule has 2 amide bonds. The third-order valence-electron chi connectivity index (χ3n) is 3.97. The van der Waals surface area contributed by atoms with Crippen molar-refractivity contribution in [1.29, 1.82) is 0 Å². The summed E-state index contributed by atoms with van der Waals surface area (Å²) in [5.74, 6) is -0.381. The number of carbonyl (C=O) groups excluding carboxylic acids is 2. The highest BCUT2D eigenvalue weighted by Gasteiger charge is 2.36. The average Bonchev–Trinajstić information content (AvgIpc) is 2.87. The van der Waals surface area contributed by atoms with Gasteiger partial charge in [0.25, 0.3) is 0 Å². The number of halogens is 1. The molecule has 1 fully saturated rings. The molecule has 1 heterocycles. The SMILES string of the molecule is CCC(CC)NC(=O)C1CC(=O)N(c2ccccc2Cl)C1. The van der Waals surface area contributed by atoms with Crippen molar-refractivity contribution >= 4 is 29.1 Å². The van der Waals surface area contributed by atoms with Gasteiger partial charge >= 0.3 is 0 Å². The van der Waals surface area contributed by atoms with Crippen molar-refractivity contribution in [2.45, 2.75) is 39.2 Å². The molecular weight excluding hydrogens is 288 g/mol. The number of amides is 2. The molecule has 1 atom stereocenters. The maximum atomic E-state index is 12.3. The van der Waals surface area contributed by atoms with Gasteiger partial charge in [0.05, 0.1) is 16.6 Å². The first-order valence-electron chi connectivity index (χ1n) is 7.42. The van der Waals surface area contributed by atoms with Gasteiger partial charge in [-0.1, -0.05) is 37.6 Å². The summed E-state index contributed by atoms with van der Waals surface area (Å²) < 4.78 is 0. The summed E-state index contributed by atoms with van der Waals surface area (Å²) in [5, 5.41) is 3.55. The van der Waals surface area contributed by atoms with Gasteiger partial charge in [-0.25, -0.2) is 0 Å². The number of para-hydroxylation sites is 1. The average molecular weight is 309 g/mol. The van der Waals surface area contributed by atoms with Crippen LogP contribution in [-0.4, -0.2) is 24.4 Å². The Labute approximate surface area is 130 Å². The van der Waals surface area contributed by atoms with E-state index in [1.54, 1.807) is 17.0 Å². The minimum atomic E-state index is -0.297. The number of carbonyl (C=O) groups is 2. The molecule has 1 aromatic carbocycles. The molecule has 2 rings (SSSR count). The van der Waals surface area contributed by atoms with Gasteiger partial charge in [0.15, 0.2) is 0 Å². The maximum Gasteiger partial charge on any atom is 0.227 e. The summed E-state index contributed by atoms with van der Waals surface area (Å²) >= 11 is 6.13. The van der Waals surface area contributed by atoms with E-state index in [4.69, 9.17) is 11.6 Å². The van der Waals surface area contributed by atoms with Gasteiger partial charge in [-0.15, -0.1) is 0 Å². The Kier molecular flexibility index (Phi) is 5.23. The van der Waals surface area contributed by atoms with Gasteiger partial charge in [-0.2, -0.15) is 0 Å². The lowest BCUT2D eigenvalue weighted by molar-refractivity contribution is -0.127. The Hall–Kier alpha value is -1.55. The van der Waals surface area contributed by atoms with Crippen LogP contribution in [0, 0.1) is 5.92 Å². The molecule has 1 aliphatic rings. The molecule has 5 heteroatoms. The Morgan fingerprint density at radius 1 is 1.38 bits per heavy atom. The van der Waals surface area contributed by atoms with Crippen molar-refractivity contribution in [3.8, 4) is 0 Å². The molecule has 1 saturated heterocycles. The fourth-order valence-corrected chi connectivity index (χ4v) is 2.84. The molecule has 0 aliphatic carbocycles. The Morgan fingerprint density at radius 3 is 2.67 bits per heavy atom. The maximum absolute atomic E-state index is 12.3. The van der Waals surface area contributed by atoms with Crippen LogP contribution in [-0.2, 0) is 9.59 Å². The fraction of sp³-hybridized carbons (Fsp3) is 0.500. The second-order valence-electron chi connectivity index (χ2n) is 5.38. The summed E-state index contributed by atoms with van der Waals surface area (Å²) in [6.45, 7) is 4.49. The third-order valence-corrected chi connectivity index (χ3v) is 4.29. The van der Waals surface area contributed by atoms with E-state index in [-0.39, 0.29) is 30.2 Å². The van der Waals surface area contributed by atoms with E-state index in [1.165, 1.54) is 0 Å². The summed E-state index contributed by atoms with van der Waals surface area (Å²) in [7, 11) is 0. The van der Waals surface area contributed by atoms with E-state index in [0.717, 1.165) is 12.8 Å². The highest BCUT2D eigenvalue weighted by atomic mass is 35.5. The Bertz CT molecular complexity index is 529. The van der Waals surface area contributed by atoms with E-state index >= 15 is 0 Å². The van der Waals surface area contributed by atoms with Crippen LogP contribution in [0.4, 0.5) is 5.69 Å². The fourth-order valence-electron chi connectivity index (χ4n) is 2.60. The highest BCUT2D eigenvalue weighted by molar-refractivity contribution is 6.33. The second-order valence-corrected chi connectivity index (χ2v) is 5.79. The summed E-state index contributed by atoms with van der Waals surface area (Å²) in [4.78, 5) is 26.0. The molecule has 1 N–H and O–H groups in total. The molecule has 1 unspecified atom stereocenters. The number of nitrogens with one attached hydrogen (secondary N) is 1. The first-order chi connectivity index (χ1) is 10.1. The number of rotatable bonds is 5. The van der Waals surface area contributed by atoms with Crippen molar-refractivity contribution < 1.29 is 9.59 Å². The van der Waals surface area contributed by atoms with Crippen molar-refractivity contribution in [3.05, 3.63) is 29.3 Å². The molecule has 1 aromatic rings. The van der Waals surface area contributed by atoms with Gasteiger partial charge < -0.3 is 10.2 Å². The lowest BCUT2D eigenvalue weighted by atomic mass is 10.1.